The summed E-state index contributed by atoms with van der Waals surface area (Å²) >= 11 is 1.35. The second-order valence-corrected chi connectivity index (χ2v) is 4.96. The number of terminal acetylenes is 1. The molecule has 0 aromatic carbocycles. The summed E-state index contributed by atoms with van der Waals surface area (Å²) in [6.45, 7) is 8.18. The van der Waals surface area contributed by atoms with Gasteiger partial charge >= 0.3 is 0 Å². The van der Waals surface area contributed by atoms with E-state index in [4.69, 9.17) is 6.42 Å². The number of hydrogen-bond donors (Lipinski definition) is 1. The van der Waals surface area contributed by atoms with E-state index < -0.39 is 0 Å². The molecule has 0 aliphatic carbocycles. The number of anilines is 1. The van der Waals surface area contributed by atoms with Gasteiger partial charge in [-0.05, 0) is 6.92 Å². The Morgan fingerprint density at radius 1 is 1.50 bits per heavy atom. The molecule has 76 valence electrons. The highest BCUT2D eigenvalue weighted by molar-refractivity contribution is 7.09. The summed E-state index contributed by atoms with van der Waals surface area (Å²) in [6.07, 6.45) is 5.26. The lowest BCUT2D eigenvalue weighted by Crippen LogP contribution is -2.15. The smallest absolute Gasteiger partial charge is 0.203 e. The molecule has 1 rings (SSSR count). The van der Waals surface area contributed by atoms with Gasteiger partial charge in [0.1, 0.15) is 5.82 Å². The van der Waals surface area contributed by atoms with E-state index in [1.54, 1.807) is 0 Å². The molecule has 4 heteroatoms. The molecule has 0 bridgehead atoms. The standard InChI is InChI=1S/C10H15N3S/c1-6-7(2)11-9-12-8(13-14-9)10(3,4)5/h1,7H,2-5H3,(H,11,12,13). The molecule has 0 fully saturated rings. The molecule has 0 amide bonds. The minimum atomic E-state index is -0.00416. The molecule has 0 radical (unpaired) electrons. The maximum Gasteiger partial charge on any atom is 0.203 e. The van der Waals surface area contributed by atoms with Crippen LogP contribution in [0.2, 0.25) is 0 Å². The lowest BCUT2D eigenvalue weighted by Gasteiger charge is -2.12. The van der Waals surface area contributed by atoms with Gasteiger partial charge in [-0.15, -0.1) is 6.42 Å². The van der Waals surface area contributed by atoms with Gasteiger partial charge in [0, 0.05) is 16.9 Å². The van der Waals surface area contributed by atoms with Crippen molar-refractivity contribution in [3.8, 4) is 12.3 Å². The van der Waals surface area contributed by atoms with Crippen LogP contribution < -0.4 is 5.32 Å². The van der Waals surface area contributed by atoms with E-state index in [2.05, 4.69) is 41.4 Å². The van der Waals surface area contributed by atoms with Crippen LogP contribution in [-0.4, -0.2) is 15.4 Å². The van der Waals surface area contributed by atoms with Crippen LogP contribution >= 0.6 is 11.5 Å². The first-order valence-electron chi connectivity index (χ1n) is 4.50. The Labute approximate surface area is 89.1 Å². The second-order valence-electron chi connectivity index (χ2n) is 4.21. The third kappa shape index (κ3) is 2.71. The molecule has 1 heterocycles. The van der Waals surface area contributed by atoms with Crippen LogP contribution in [0.4, 0.5) is 5.13 Å². The molecule has 1 aromatic heterocycles. The highest BCUT2D eigenvalue weighted by Gasteiger charge is 2.19. The van der Waals surface area contributed by atoms with Crippen molar-refractivity contribution in [3.05, 3.63) is 5.82 Å². The minimum absolute atomic E-state index is 0.00392. The third-order valence-corrected chi connectivity index (χ3v) is 2.33. The largest absolute Gasteiger partial charge is 0.347 e. The van der Waals surface area contributed by atoms with Crippen molar-refractivity contribution in [1.29, 1.82) is 0 Å². The summed E-state index contributed by atoms with van der Waals surface area (Å²) in [5, 5.41) is 3.88. The third-order valence-electron chi connectivity index (χ3n) is 1.69. The summed E-state index contributed by atoms with van der Waals surface area (Å²) < 4.78 is 4.27. The number of rotatable bonds is 2. The van der Waals surface area contributed by atoms with Gasteiger partial charge < -0.3 is 5.32 Å². The van der Waals surface area contributed by atoms with Crippen molar-refractivity contribution in [1.82, 2.24) is 9.36 Å². The summed E-state index contributed by atoms with van der Waals surface area (Å²) in [7, 11) is 0. The van der Waals surface area contributed by atoms with Crippen LogP contribution in [0.15, 0.2) is 0 Å². The fraction of sp³-hybridized carbons (Fsp3) is 0.600. The van der Waals surface area contributed by atoms with Gasteiger partial charge in [0.15, 0.2) is 0 Å². The first-order chi connectivity index (χ1) is 6.43. The molecular weight excluding hydrogens is 194 g/mol. The highest BCUT2D eigenvalue weighted by Crippen LogP contribution is 2.23. The molecule has 1 aromatic rings. The van der Waals surface area contributed by atoms with Crippen LogP contribution in [-0.2, 0) is 5.41 Å². The molecule has 14 heavy (non-hydrogen) atoms. The van der Waals surface area contributed by atoms with E-state index in [9.17, 15) is 0 Å². The van der Waals surface area contributed by atoms with Gasteiger partial charge in [0.2, 0.25) is 5.13 Å². The van der Waals surface area contributed by atoms with E-state index in [0.29, 0.717) is 0 Å². The minimum Gasteiger partial charge on any atom is -0.347 e. The molecular formula is C10H15N3S. The van der Waals surface area contributed by atoms with Crippen LogP contribution in [0.1, 0.15) is 33.5 Å². The normalized spacial score (nSPS) is 13.4. The Kier molecular flexibility index (Phi) is 3.12. The number of hydrogen-bond acceptors (Lipinski definition) is 4. The monoisotopic (exact) mass is 209 g/mol. The van der Waals surface area contributed by atoms with Crippen molar-refractivity contribution in [2.24, 2.45) is 0 Å². The number of nitrogens with one attached hydrogen (secondary N) is 1. The topological polar surface area (TPSA) is 37.8 Å². The first kappa shape index (κ1) is 11.0. The van der Waals surface area contributed by atoms with E-state index in [1.807, 2.05) is 6.92 Å². The molecule has 0 saturated carbocycles. The predicted octanol–water partition coefficient (Wildman–Crippen LogP) is 2.27. The molecule has 1 unspecified atom stereocenters. The predicted molar refractivity (Wildman–Crippen MR) is 60.5 cm³/mol. The van der Waals surface area contributed by atoms with Crippen LogP contribution in [0.3, 0.4) is 0 Å². The van der Waals surface area contributed by atoms with E-state index in [0.717, 1.165) is 11.0 Å². The molecule has 0 aliphatic heterocycles. The Bertz CT molecular complexity index is 343. The van der Waals surface area contributed by atoms with Gasteiger partial charge in [-0.1, -0.05) is 26.7 Å². The fourth-order valence-electron chi connectivity index (χ4n) is 0.814. The van der Waals surface area contributed by atoms with Gasteiger partial charge in [-0.3, -0.25) is 0 Å². The van der Waals surface area contributed by atoms with E-state index >= 15 is 0 Å². The zero-order valence-corrected chi connectivity index (χ0v) is 9.77. The molecule has 1 N–H and O–H groups in total. The van der Waals surface area contributed by atoms with Gasteiger partial charge in [-0.25, -0.2) is 4.98 Å². The average molecular weight is 209 g/mol. The Balaban J connectivity index is 2.75. The van der Waals surface area contributed by atoms with Crippen LogP contribution in [0.5, 0.6) is 0 Å². The van der Waals surface area contributed by atoms with Crippen LogP contribution in [0, 0.1) is 12.3 Å². The zero-order chi connectivity index (χ0) is 10.8. The van der Waals surface area contributed by atoms with Crippen LogP contribution in [0.25, 0.3) is 0 Å². The van der Waals surface area contributed by atoms with Crippen molar-refractivity contribution < 1.29 is 0 Å². The lowest BCUT2D eigenvalue weighted by molar-refractivity contribution is 0.555. The summed E-state index contributed by atoms with van der Waals surface area (Å²) in [5.74, 6) is 3.44. The number of aromatic nitrogens is 2. The summed E-state index contributed by atoms with van der Waals surface area (Å²) in [4.78, 5) is 4.37. The van der Waals surface area contributed by atoms with E-state index in [-0.39, 0.29) is 11.5 Å². The molecule has 3 nitrogen and oxygen atoms in total. The van der Waals surface area contributed by atoms with Gasteiger partial charge in [0.05, 0.1) is 6.04 Å². The SMILES string of the molecule is C#CC(C)Nc1nc(C(C)(C)C)ns1. The molecule has 0 saturated heterocycles. The summed E-state index contributed by atoms with van der Waals surface area (Å²) in [6, 6.07) is -0.00392. The maximum atomic E-state index is 5.26. The second kappa shape index (κ2) is 3.97. The van der Waals surface area contributed by atoms with Crippen molar-refractivity contribution in [2.75, 3.05) is 5.32 Å². The Hall–Kier alpha value is -1.08. The highest BCUT2D eigenvalue weighted by atomic mass is 32.1. The summed E-state index contributed by atoms with van der Waals surface area (Å²) in [5.41, 5.74) is -0.00416. The van der Waals surface area contributed by atoms with Crippen molar-refractivity contribution >= 4 is 16.7 Å². The zero-order valence-electron chi connectivity index (χ0n) is 8.96. The first-order valence-corrected chi connectivity index (χ1v) is 5.27. The van der Waals surface area contributed by atoms with Gasteiger partial charge in [0.25, 0.3) is 0 Å². The van der Waals surface area contributed by atoms with Crippen molar-refractivity contribution in [2.45, 2.75) is 39.2 Å². The lowest BCUT2D eigenvalue weighted by atomic mass is 9.96. The maximum absolute atomic E-state index is 5.26. The fourth-order valence-corrected chi connectivity index (χ4v) is 1.66. The number of nitrogens with zero attached hydrogens (tertiary/aromatic N) is 2. The Morgan fingerprint density at radius 2 is 2.14 bits per heavy atom. The molecule has 0 aliphatic rings. The van der Waals surface area contributed by atoms with E-state index in [1.165, 1.54) is 11.5 Å². The quantitative estimate of drug-likeness (QED) is 0.759. The molecule has 1 atom stereocenters. The van der Waals surface area contributed by atoms with Gasteiger partial charge in [-0.2, -0.15) is 4.37 Å². The van der Waals surface area contributed by atoms with Crippen molar-refractivity contribution in [3.63, 3.8) is 0 Å². The molecule has 0 spiro atoms. The Morgan fingerprint density at radius 3 is 2.57 bits per heavy atom. The average Bonchev–Trinajstić information content (AvgIpc) is 2.51.